The fraction of sp³-hybridized carbons (Fsp3) is 0.400. The molecule has 0 aliphatic heterocycles. The third-order valence-corrected chi connectivity index (χ3v) is 2.23. The van der Waals surface area contributed by atoms with Crippen molar-refractivity contribution in [1.29, 1.82) is 0 Å². The molecule has 0 saturated carbocycles. The smallest absolute Gasteiger partial charge is 0.134 e. The highest BCUT2D eigenvalue weighted by atomic mass is 32.2. The number of ether oxygens (including phenoxy) is 1. The summed E-state index contributed by atoms with van der Waals surface area (Å²) in [5.41, 5.74) is 1.27. The van der Waals surface area contributed by atoms with Gasteiger partial charge < -0.3 is 4.74 Å². The van der Waals surface area contributed by atoms with Crippen molar-refractivity contribution >= 4 is 11.8 Å². The molecule has 0 spiro atoms. The van der Waals surface area contributed by atoms with Crippen LogP contribution in [0.5, 0.6) is 5.75 Å². The monoisotopic (exact) mass is 182 g/mol. The van der Waals surface area contributed by atoms with Crippen molar-refractivity contribution in [3.8, 4) is 5.75 Å². The zero-order chi connectivity index (χ0) is 8.81. The third-order valence-electron chi connectivity index (χ3n) is 1.53. The topological polar surface area (TPSA) is 9.23 Å². The molecule has 0 N–H and O–H groups in total. The fourth-order valence-electron chi connectivity index (χ4n) is 0.828. The Morgan fingerprint density at radius 1 is 1.25 bits per heavy atom. The highest BCUT2D eigenvalue weighted by molar-refractivity contribution is 7.99. The molecule has 0 bridgehead atoms. The van der Waals surface area contributed by atoms with Crippen LogP contribution in [0.25, 0.3) is 0 Å². The summed E-state index contributed by atoms with van der Waals surface area (Å²) < 4.78 is 5.46. The quantitative estimate of drug-likeness (QED) is 0.523. The molecule has 0 aromatic heterocycles. The molecule has 1 nitrogen and oxygen atoms in total. The van der Waals surface area contributed by atoms with Gasteiger partial charge in [-0.15, -0.1) is 11.8 Å². The Balaban J connectivity index is 2.37. The maximum Gasteiger partial charge on any atom is 0.134 e. The van der Waals surface area contributed by atoms with Crippen molar-refractivity contribution in [3.05, 3.63) is 29.8 Å². The number of hydrogen-bond donors (Lipinski definition) is 0. The Hall–Kier alpha value is -0.630. The molecule has 0 heterocycles. The molecule has 1 aromatic carbocycles. The summed E-state index contributed by atoms with van der Waals surface area (Å²) in [4.78, 5) is 0. The maximum atomic E-state index is 5.46. The van der Waals surface area contributed by atoms with E-state index in [2.05, 4.69) is 26.0 Å². The SMILES string of the molecule is CCSCOc1ccc(C)cc1. The van der Waals surface area contributed by atoms with Crippen LogP contribution >= 0.6 is 11.8 Å². The van der Waals surface area contributed by atoms with E-state index in [4.69, 9.17) is 4.74 Å². The summed E-state index contributed by atoms with van der Waals surface area (Å²) in [6.07, 6.45) is 0. The summed E-state index contributed by atoms with van der Waals surface area (Å²) in [7, 11) is 0. The van der Waals surface area contributed by atoms with Crippen LogP contribution in [-0.4, -0.2) is 11.7 Å². The summed E-state index contributed by atoms with van der Waals surface area (Å²) >= 11 is 1.78. The molecule has 1 rings (SSSR count). The van der Waals surface area contributed by atoms with E-state index in [1.807, 2.05) is 12.1 Å². The van der Waals surface area contributed by atoms with Crippen molar-refractivity contribution in [3.63, 3.8) is 0 Å². The number of hydrogen-bond acceptors (Lipinski definition) is 2. The van der Waals surface area contributed by atoms with Gasteiger partial charge >= 0.3 is 0 Å². The van der Waals surface area contributed by atoms with Gasteiger partial charge in [-0.1, -0.05) is 24.6 Å². The molecule has 0 unspecified atom stereocenters. The van der Waals surface area contributed by atoms with Crippen molar-refractivity contribution in [1.82, 2.24) is 0 Å². The number of rotatable bonds is 4. The van der Waals surface area contributed by atoms with E-state index in [-0.39, 0.29) is 0 Å². The minimum absolute atomic E-state index is 0.750. The van der Waals surface area contributed by atoms with Crippen molar-refractivity contribution in [2.45, 2.75) is 13.8 Å². The lowest BCUT2D eigenvalue weighted by Crippen LogP contribution is -1.92. The molecular formula is C10H14OS. The molecule has 0 saturated heterocycles. The first-order chi connectivity index (χ1) is 5.83. The molecule has 1 aromatic rings. The van der Waals surface area contributed by atoms with Crippen molar-refractivity contribution in [2.24, 2.45) is 0 Å². The standard InChI is InChI=1S/C10H14OS/c1-3-12-8-11-10-6-4-9(2)5-7-10/h4-7H,3,8H2,1-2H3. The van der Waals surface area contributed by atoms with Gasteiger partial charge in [-0.25, -0.2) is 0 Å². The Morgan fingerprint density at radius 2 is 1.92 bits per heavy atom. The van der Waals surface area contributed by atoms with Crippen LogP contribution in [-0.2, 0) is 0 Å². The average molecular weight is 182 g/mol. The van der Waals surface area contributed by atoms with E-state index in [9.17, 15) is 0 Å². The molecule has 12 heavy (non-hydrogen) atoms. The van der Waals surface area contributed by atoms with Crippen LogP contribution in [0.1, 0.15) is 12.5 Å². The fourth-order valence-corrected chi connectivity index (χ4v) is 1.21. The van der Waals surface area contributed by atoms with Gasteiger partial charge in [0, 0.05) is 0 Å². The second-order valence-electron chi connectivity index (χ2n) is 2.57. The van der Waals surface area contributed by atoms with Crippen LogP contribution in [0.15, 0.2) is 24.3 Å². The first-order valence-corrected chi connectivity index (χ1v) is 5.25. The van der Waals surface area contributed by atoms with Crippen LogP contribution in [0.4, 0.5) is 0 Å². The van der Waals surface area contributed by atoms with Crippen molar-refractivity contribution < 1.29 is 4.74 Å². The lowest BCUT2D eigenvalue weighted by atomic mass is 10.2. The number of thioether (sulfide) groups is 1. The normalized spacial score (nSPS) is 9.83. The van der Waals surface area contributed by atoms with Crippen LogP contribution in [0.3, 0.4) is 0 Å². The van der Waals surface area contributed by atoms with Gasteiger partial charge in [0.1, 0.15) is 11.7 Å². The second kappa shape index (κ2) is 5.09. The molecule has 0 radical (unpaired) electrons. The van der Waals surface area contributed by atoms with Gasteiger partial charge in [-0.2, -0.15) is 0 Å². The average Bonchev–Trinajstić information content (AvgIpc) is 2.09. The van der Waals surface area contributed by atoms with E-state index < -0.39 is 0 Å². The second-order valence-corrected chi connectivity index (χ2v) is 3.79. The number of aryl methyl sites for hydroxylation is 1. The third kappa shape index (κ3) is 3.18. The molecular weight excluding hydrogens is 168 g/mol. The first-order valence-electron chi connectivity index (χ1n) is 4.10. The van der Waals surface area contributed by atoms with Crippen LogP contribution < -0.4 is 4.74 Å². The maximum absolute atomic E-state index is 5.46. The van der Waals surface area contributed by atoms with Crippen molar-refractivity contribution in [2.75, 3.05) is 11.7 Å². The van der Waals surface area contributed by atoms with E-state index in [0.29, 0.717) is 0 Å². The van der Waals surface area contributed by atoms with Crippen LogP contribution in [0.2, 0.25) is 0 Å². The summed E-state index contributed by atoms with van der Waals surface area (Å²) in [5.74, 6) is 2.81. The highest BCUT2D eigenvalue weighted by Gasteiger charge is 1.91. The van der Waals surface area contributed by atoms with E-state index >= 15 is 0 Å². The van der Waals surface area contributed by atoms with E-state index in [1.165, 1.54) is 5.56 Å². The highest BCUT2D eigenvalue weighted by Crippen LogP contribution is 2.13. The lowest BCUT2D eigenvalue weighted by molar-refractivity contribution is 0.393. The van der Waals surface area contributed by atoms with E-state index in [1.54, 1.807) is 11.8 Å². The summed E-state index contributed by atoms with van der Waals surface area (Å²) in [5, 5.41) is 0. The predicted molar refractivity (Wildman–Crippen MR) is 54.8 cm³/mol. The first kappa shape index (κ1) is 9.46. The largest absolute Gasteiger partial charge is 0.483 e. The zero-order valence-corrected chi connectivity index (χ0v) is 8.36. The van der Waals surface area contributed by atoms with Gasteiger partial charge in [0.25, 0.3) is 0 Å². The molecule has 2 heteroatoms. The Labute approximate surface area is 78.1 Å². The van der Waals surface area contributed by atoms with Gasteiger partial charge in [-0.3, -0.25) is 0 Å². The van der Waals surface area contributed by atoms with E-state index in [0.717, 1.165) is 17.4 Å². The zero-order valence-electron chi connectivity index (χ0n) is 7.54. The number of benzene rings is 1. The summed E-state index contributed by atoms with van der Waals surface area (Å²) in [6.45, 7) is 4.20. The molecule has 66 valence electrons. The van der Waals surface area contributed by atoms with Gasteiger partial charge in [0.15, 0.2) is 0 Å². The van der Waals surface area contributed by atoms with Gasteiger partial charge in [-0.05, 0) is 24.8 Å². The molecule has 0 atom stereocenters. The Kier molecular flexibility index (Phi) is 4.01. The lowest BCUT2D eigenvalue weighted by Gasteiger charge is -2.04. The Bertz CT molecular complexity index is 218. The molecule has 0 aliphatic carbocycles. The van der Waals surface area contributed by atoms with Crippen LogP contribution in [0, 0.1) is 6.92 Å². The predicted octanol–water partition coefficient (Wildman–Crippen LogP) is 3.08. The molecule has 0 amide bonds. The molecule has 0 fully saturated rings. The minimum Gasteiger partial charge on any atom is -0.483 e. The van der Waals surface area contributed by atoms with Gasteiger partial charge in [0.05, 0.1) is 0 Å². The van der Waals surface area contributed by atoms with Gasteiger partial charge in [0.2, 0.25) is 0 Å². The minimum atomic E-state index is 0.750. The summed E-state index contributed by atoms with van der Waals surface area (Å²) in [6, 6.07) is 8.13. The molecule has 0 aliphatic rings. The Morgan fingerprint density at radius 3 is 2.50 bits per heavy atom.